The molecule has 0 spiro atoms. The first-order valence-corrected chi connectivity index (χ1v) is 10.6. The van der Waals surface area contributed by atoms with Crippen molar-refractivity contribution in [2.75, 3.05) is 12.8 Å². The molecule has 0 saturated carbocycles. The van der Waals surface area contributed by atoms with E-state index in [1.807, 2.05) is 36.6 Å². The van der Waals surface area contributed by atoms with E-state index in [1.54, 1.807) is 11.6 Å². The minimum Gasteiger partial charge on any atom is -0.497 e. The molecule has 0 unspecified atom stereocenters. The zero-order valence-electron chi connectivity index (χ0n) is 17.3. The molecule has 2 aromatic carbocycles. The van der Waals surface area contributed by atoms with Gasteiger partial charge in [-0.05, 0) is 31.5 Å². The number of ether oxygens (including phenoxy) is 1. The first-order valence-electron chi connectivity index (χ1n) is 9.74. The van der Waals surface area contributed by atoms with E-state index in [0.717, 1.165) is 33.8 Å². The number of anilines is 1. The maximum absolute atomic E-state index is 6.47. The highest BCUT2D eigenvalue weighted by Gasteiger charge is 2.20. The molecule has 0 atom stereocenters. The molecule has 0 bridgehead atoms. The van der Waals surface area contributed by atoms with Gasteiger partial charge in [-0.15, -0.1) is 21.5 Å². The molecule has 7 nitrogen and oxygen atoms in total. The van der Waals surface area contributed by atoms with Gasteiger partial charge in [0, 0.05) is 10.9 Å². The molecule has 5 rings (SSSR count). The van der Waals surface area contributed by atoms with E-state index in [2.05, 4.69) is 46.5 Å². The lowest BCUT2D eigenvalue weighted by Crippen LogP contribution is -2.05. The van der Waals surface area contributed by atoms with Crippen LogP contribution in [0.25, 0.3) is 38.7 Å². The van der Waals surface area contributed by atoms with E-state index in [4.69, 9.17) is 15.5 Å². The minimum atomic E-state index is 0.415. The van der Waals surface area contributed by atoms with E-state index in [0.29, 0.717) is 22.2 Å². The molecule has 3 aromatic heterocycles. The van der Waals surface area contributed by atoms with Crippen LogP contribution in [-0.4, -0.2) is 31.9 Å². The number of rotatable bonds is 4. The second kappa shape index (κ2) is 7.48. The van der Waals surface area contributed by atoms with E-state index in [-0.39, 0.29) is 0 Å². The van der Waals surface area contributed by atoms with Crippen molar-refractivity contribution in [2.24, 2.45) is 0 Å². The third kappa shape index (κ3) is 3.30. The average Bonchev–Trinajstić information content (AvgIpc) is 3.40. The Morgan fingerprint density at radius 3 is 2.35 bits per heavy atom. The topological polar surface area (TPSA) is 91.2 Å². The first-order chi connectivity index (χ1) is 15.0. The van der Waals surface area contributed by atoms with Gasteiger partial charge in [0.1, 0.15) is 10.8 Å². The summed E-state index contributed by atoms with van der Waals surface area (Å²) in [4.78, 5) is 4.74. The van der Waals surface area contributed by atoms with Gasteiger partial charge >= 0.3 is 0 Å². The van der Waals surface area contributed by atoms with Crippen molar-refractivity contribution < 1.29 is 4.74 Å². The van der Waals surface area contributed by atoms with Gasteiger partial charge in [0.15, 0.2) is 17.2 Å². The van der Waals surface area contributed by atoms with Gasteiger partial charge in [-0.2, -0.15) is 9.61 Å². The van der Waals surface area contributed by atoms with Crippen LogP contribution in [0.3, 0.4) is 0 Å². The minimum absolute atomic E-state index is 0.415. The Morgan fingerprint density at radius 1 is 0.935 bits per heavy atom. The number of methoxy groups -OCH3 is 1. The molecule has 154 valence electrons. The molecule has 0 aliphatic rings. The molecule has 0 saturated heterocycles. The number of hydrogen-bond donors (Lipinski definition) is 1. The number of benzene rings is 2. The van der Waals surface area contributed by atoms with Crippen molar-refractivity contribution in [3.05, 3.63) is 65.2 Å². The van der Waals surface area contributed by atoms with E-state index < -0.39 is 0 Å². The van der Waals surface area contributed by atoms with Crippen LogP contribution in [-0.2, 0) is 0 Å². The number of thiazole rings is 1. The summed E-state index contributed by atoms with van der Waals surface area (Å²) in [7, 11) is 1.64. The largest absolute Gasteiger partial charge is 0.497 e. The Balaban J connectivity index is 1.57. The molecule has 0 aliphatic heterocycles. The number of aryl methyl sites for hydroxylation is 2. The second-order valence-corrected chi connectivity index (χ2v) is 8.12. The molecular formula is C23H20N6OS. The van der Waals surface area contributed by atoms with Crippen LogP contribution in [0.2, 0.25) is 0 Å². The van der Waals surface area contributed by atoms with Crippen LogP contribution in [0, 0.1) is 13.8 Å². The number of nitrogen functional groups attached to an aromatic ring is 1. The fraction of sp³-hybridized carbons (Fsp3) is 0.130. The number of nitrogens with zero attached hydrogens (tertiary/aromatic N) is 5. The lowest BCUT2D eigenvalue weighted by Gasteiger charge is -2.05. The van der Waals surface area contributed by atoms with Crippen LogP contribution in [0.4, 0.5) is 5.82 Å². The molecule has 0 aliphatic carbocycles. The standard InChI is InChI=1S/C23H20N6OS/c1-13-4-6-15(7-5-13)18-12-31-23(25-18)20-21(24)29-22(27-26-20)19(14(2)28-29)16-8-10-17(30-3)11-9-16/h4-12H,24H2,1-3H3. The summed E-state index contributed by atoms with van der Waals surface area (Å²) >= 11 is 1.49. The average molecular weight is 429 g/mol. The molecule has 31 heavy (non-hydrogen) atoms. The lowest BCUT2D eigenvalue weighted by atomic mass is 10.1. The number of aromatic nitrogens is 5. The Kier molecular flexibility index (Phi) is 4.63. The smallest absolute Gasteiger partial charge is 0.187 e. The fourth-order valence-corrected chi connectivity index (χ4v) is 4.33. The predicted molar refractivity (Wildman–Crippen MR) is 123 cm³/mol. The molecule has 2 N–H and O–H groups in total. The van der Waals surface area contributed by atoms with Gasteiger partial charge in [0.2, 0.25) is 0 Å². The van der Waals surface area contributed by atoms with Crippen molar-refractivity contribution in [1.82, 2.24) is 24.8 Å². The summed E-state index contributed by atoms with van der Waals surface area (Å²) in [5.41, 5.74) is 13.5. The van der Waals surface area contributed by atoms with Crippen LogP contribution in [0.15, 0.2) is 53.9 Å². The van der Waals surface area contributed by atoms with E-state index in [1.165, 1.54) is 16.9 Å². The van der Waals surface area contributed by atoms with Crippen molar-refractivity contribution in [2.45, 2.75) is 13.8 Å². The SMILES string of the molecule is COc1ccc(-c2c(C)nn3c(N)c(-c4nc(-c5ccc(C)cc5)cs4)nnc23)cc1. The normalized spacial score (nSPS) is 11.2. The predicted octanol–water partition coefficient (Wildman–Crippen LogP) is 4.79. The van der Waals surface area contributed by atoms with Gasteiger partial charge in [-0.25, -0.2) is 4.98 Å². The van der Waals surface area contributed by atoms with Gasteiger partial charge < -0.3 is 10.5 Å². The maximum atomic E-state index is 6.47. The highest BCUT2D eigenvalue weighted by molar-refractivity contribution is 7.13. The zero-order valence-corrected chi connectivity index (χ0v) is 18.1. The monoisotopic (exact) mass is 428 g/mol. The highest BCUT2D eigenvalue weighted by atomic mass is 32.1. The third-order valence-electron chi connectivity index (χ3n) is 5.18. The number of nitrogens with two attached hydrogens (primary N) is 1. The number of hydrogen-bond acceptors (Lipinski definition) is 7. The zero-order chi connectivity index (χ0) is 21.5. The van der Waals surface area contributed by atoms with Crippen LogP contribution in [0.1, 0.15) is 11.3 Å². The van der Waals surface area contributed by atoms with Crippen molar-refractivity contribution in [3.8, 4) is 38.8 Å². The quantitative estimate of drug-likeness (QED) is 0.443. The Labute approximate surface area is 183 Å². The summed E-state index contributed by atoms with van der Waals surface area (Å²) in [6, 6.07) is 16.0. The van der Waals surface area contributed by atoms with E-state index in [9.17, 15) is 0 Å². The Morgan fingerprint density at radius 2 is 1.65 bits per heavy atom. The van der Waals surface area contributed by atoms with Gasteiger partial charge in [-0.1, -0.05) is 42.0 Å². The fourth-order valence-electron chi connectivity index (χ4n) is 3.51. The molecule has 3 heterocycles. The molecular weight excluding hydrogens is 408 g/mol. The Hall–Kier alpha value is -3.78. The van der Waals surface area contributed by atoms with Crippen LogP contribution >= 0.6 is 11.3 Å². The third-order valence-corrected chi connectivity index (χ3v) is 6.03. The highest BCUT2D eigenvalue weighted by Crippen LogP contribution is 2.34. The van der Waals surface area contributed by atoms with E-state index >= 15 is 0 Å². The second-order valence-electron chi connectivity index (χ2n) is 7.26. The van der Waals surface area contributed by atoms with Gasteiger partial charge in [0.05, 0.1) is 24.1 Å². The molecule has 8 heteroatoms. The molecule has 0 fully saturated rings. The summed E-state index contributed by atoms with van der Waals surface area (Å²) in [6.07, 6.45) is 0. The summed E-state index contributed by atoms with van der Waals surface area (Å²) in [6.45, 7) is 4.00. The number of fused-ring (bicyclic) bond motifs is 1. The summed E-state index contributed by atoms with van der Waals surface area (Å²) in [5, 5.41) is 16.2. The molecule has 5 aromatic rings. The molecule has 0 radical (unpaired) electrons. The van der Waals surface area contributed by atoms with Crippen LogP contribution in [0.5, 0.6) is 5.75 Å². The summed E-state index contributed by atoms with van der Waals surface area (Å²) < 4.78 is 6.90. The Bertz CT molecular complexity index is 1390. The van der Waals surface area contributed by atoms with Crippen LogP contribution < -0.4 is 10.5 Å². The van der Waals surface area contributed by atoms with Gasteiger partial charge in [-0.3, -0.25) is 0 Å². The van der Waals surface area contributed by atoms with Crippen molar-refractivity contribution >= 4 is 22.8 Å². The lowest BCUT2D eigenvalue weighted by molar-refractivity contribution is 0.415. The first kappa shape index (κ1) is 19.2. The maximum Gasteiger partial charge on any atom is 0.187 e. The van der Waals surface area contributed by atoms with Gasteiger partial charge in [0.25, 0.3) is 0 Å². The molecule has 0 amide bonds. The summed E-state index contributed by atoms with van der Waals surface area (Å²) in [5.74, 6) is 1.21. The van der Waals surface area contributed by atoms with Crippen molar-refractivity contribution in [1.29, 1.82) is 0 Å². The van der Waals surface area contributed by atoms with Crippen molar-refractivity contribution in [3.63, 3.8) is 0 Å².